The Bertz CT molecular complexity index is 724. The van der Waals surface area contributed by atoms with Crippen LogP contribution in [0.1, 0.15) is 0 Å². The Balaban J connectivity index is 2.03. The van der Waals surface area contributed by atoms with Crippen molar-refractivity contribution in [1.29, 1.82) is 0 Å². The van der Waals surface area contributed by atoms with Gasteiger partial charge in [-0.25, -0.2) is 0 Å². The molecule has 19 heavy (non-hydrogen) atoms. The van der Waals surface area contributed by atoms with Crippen molar-refractivity contribution >= 4 is 21.6 Å². The Labute approximate surface area is 118 Å². The van der Waals surface area contributed by atoms with Crippen LogP contribution < -0.4 is 5.73 Å². The van der Waals surface area contributed by atoms with Crippen molar-refractivity contribution in [3.63, 3.8) is 0 Å². The first-order valence-corrected chi connectivity index (χ1v) is 6.48. The SMILES string of the molecule is Nc1ccccc1-c1nc(-c2cccc(Br)c2)no1. The third-order valence-electron chi connectivity index (χ3n) is 2.70. The molecule has 0 amide bonds. The lowest BCUT2D eigenvalue weighted by Crippen LogP contribution is -1.89. The van der Waals surface area contributed by atoms with Gasteiger partial charge in [-0.05, 0) is 24.3 Å². The summed E-state index contributed by atoms with van der Waals surface area (Å²) < 4.78 is 6.24. The summed E-state index contributed by atoms with van der Waals surface area (Å²) in [6.07, 6.45) is 0. The van der Waals surface area contributed by atoms with Crippen molar-refractivity contribution in [1.82, 2.24) is 10.1 Å². The van der Waals surface area contributed by atoms with E-state index in [1.54, 1.807) is 6.07 Å². The van der Waals surface area contributed by atoms with E-state index in [-0.39, 0.29) is 0 Å². The predicted octanol–water partition coefficient (Wildman–Crippen LogP) is 3.75. The van der Waals surface area contributed by atoms with Gasteiger partial charge in [-0.1, -0.05) is 45.4 Å². The maximum Gasteiger partial charge on any atom is 0.260 e. The van der Waals surface area contributed by atoms with Crippen LogP contribution in [0.3, 0.4) is 0 Å². The first-order valence-electron chi connectivity index (χ1n) is 5.68. The number of para-hydroxylation sites is 1. The molecule has 1 aromatic heterocycles. The second-order valence-corrected chi connectivity index (χ2v) is 4.94. The largest absolute Gasteiger partial charge is 0.398 e. The topological polar surface area (TPSA) is 64.9 Å². The highest BCUT2D eigenvalue weighted by atomic mass is 79.9. The number of benzene rings is 2. The number of nitrogens with zero attached hydrogens (tertiary/aromatic N) is 2. The van der Waals surface area contributed by atoms with Crippen molar-refractivity contribution in [3.8, 4) is 22.8 Å². The van der Waals surface area contributed by atoms with Crippen LogP contribution in [0.2, 0.25) is 0 Å². The molecule has 0 saturated carbocycles. The maximum atomic E-state index is 5.89. The Hall–Kier alpha value is -2.14. The van der Waals surface area contributed by atoms with Gasteiger partial charge in [0.25, 0.3) is 5.89 Å². The molecule has 0 fully saturated rings. The standard InChI is InChI=1S/C14H10BrN3O/c15-10-5-3-4-9(8-10)13-17-14(19-18-13)11-6-1-2-7-12(11)16/h1-8H,16H2. The van der Waals surface area contributed by atoms with E-state index >= 15 is 0 Å². The van der Waals surface area contributed by atoms with E-state index in [1.807, 2.05) is 42.5 Å². The quantitative estimate of drug-likeness (QED) is 0.731. The van der Waals surface area contributed by atoms with E-state index in [4.69, 9.17) is 10.3 Å². The van der Waals surface area contributed by atoms with E-state index in [2.05, 4.69) is 26.1 Å². The van der Waals surface area contributed by atoms with Gasteiger partial charge in [0.1, 0.15) is 0 Å². The van der Waals surface area contributed by atoms with Gasteiger partial charge in [0, 0.05) is 15.7 Å². The van der Waals surface area contributed by atoms with Crippen molar-refractivity contribution in [2.24, 2.45) is 0 Å². The highest BCUT2D eigenvalue weighted by molar-refractivity contribution is 9.10. The molecule has 0 unspecified atom stereocenters. The zero-order valence-corrected chi connectivity index (χ0v) is 11.5. The number of anilines is 1. The molecular weight excluding hydrogens is 306 g/mol. The second-order valence-electron chi connectivity index (χ2n) is 4.02. The van der Waals surface area contributed by atoms with Crippen LogP contribution in [0.5, 0.6) is 0 Å². The molecule has 0 aliphatic heterocycles. The summed E-state index contributed by atoms with van der Waals surface area (Å²) in [5.41, 5.74) is 8.14. The zero-order chi connectivity index (χ0) is 13.2. The van der Waals surface area contributed by atoms with E-state index in [9.17, 15) is 0 Å². The van der Waals surface area contributed by atoms with Crippen molar-refractivity contribution in [3.05, 3.63) is 53.0 Å². The molecule has 1 heterocycles. The molecule has 0 aliphatic rings. The van der Waals surface area contributed by atoms with E-state index in [0.29, 0.717) is 17.4 Å². The Kier molecular flexibility index (Phi) is 3.05. The lowest BCUT2D eigenvalue weighted by molar-refractivity contribution is 0.432. The molecule has 0 bridgehead atoms. The third-order valence-corrected chi connectivity index (χ3v) is 3.19. The molecule has 2 aromatic carbocycles. The summed E-state index contributed by atoms with van der Waals surface area (Å²) >= 11 is 3.42. The summed E-state index contributed by atoms with van der Waals surface area (Å²) in [4.78, 5) is 4.37. The second kappa shape index (κ2) is 4.85. The lowest BCUT2D eigenvalue weighted by Gasteiger charge is -1.98. The van der Waals surface area contributed by atoms with Crippen molar-refractivity contribution in [2.75, 3.05) is 5.73 Å². The van der Waals surface area contributed by atoms with Crippen LogP contribution in [-0.2, 0) is 0 Å². The third kappa shape index (κ3) is 2.37. The van der Waals surface area contributed by atoms with Crippen LogP contribution >= 0.6 is 15.9 Å². The van der Waals surface area contributed by atoms with Gasteiger partial charge in [0.15, 0.2) is 0 Å². The Morgan fingerprint density at radius 3 is 2.68 bits per heavy atom. The van der Waals surface area contributed by atoms with Gasteiger partial charge in [-0.3, -0.25) is 0 Å². The fourth-order valence-corrected chi connectivity index (χ4v) is 2.17. The van der Waals surface area contributed by atoms with Gasteiger partial charge >= 0.3 is 0 Å². The minimum absolute atomic E-state index is 0.424. The molecule has 5 heteroatoms. The Morgan fingerprint density at radius 1 is 1.05 bits per heavy atom. The van der Waals surface area contributed by atoms with E-state index < -0.39 is 0 Å². The minimum Gasteiger partial charge on any atom is -0.398 e. The van der Waals surface area contributed by atoms with E-state index in [1.165, 1.54) is 0 Å². The average molecular weight is 316 g/mol. The highest BCUT2D eigenvalue weighted by Crippen LogP contribution is 2.27. The summed E-state index contributed by atoms with van der Waals surface area (Å²) in [5, 5.41) is 3.98. The first kappa shape index (κ1) is 11.9. The average Bonchev–Trinajstić information content (AvgIpc) is 2.89. The van der Waals surface area contributed by atoms with Crippen molar-refractivity contribution < 1.29 is 4.52 Å². The maximum absolute atomic E-state index is 5.89. The molecule has 2 N–H and O–H groups in total. The van der Waals surface area contributed by atoms with Crippen LogP contribution in [0.25, 0.3) is 22.8 Å². The monoisotopic (exact) mass is 315 g/mol. The van der Waals surface area contributed by atoms with Gasteiger partial charge in [-0.2, -0.15) is 4.98 Å². The van der Waals surface area contributed by atoms with Gasteiger partial charge in [0.05, 0.1) is 5.56 Å². The van der Waals surface area contributed by atoms with Gasteiger partial charge in [0.2, 0.25) is 5.82 Å². The van der Waals surface area contributed by atoms with E-state index in [0.717, 1.165) is 15.6 Å². The fourth-order valence-electron chi connectivity index (χ4n) is 1.77. The summed E-state index contributed by atoms with van der Waals surface area (Å²) in [5.74, 6) is 0.965. The number of nitrogens with two attached hydrogens (primary N) is 1. The molecule has 94 valence electrons. The summed E-state index contributed by atoms with van der Waals surface area (Å²) in [6.45, 7) is 0. The minimum atomic E-state index is 0.424. The van der Waals surface area contributed by atoms with Crippen LogP contribution in [-0.4, -0.2) is 10.1 Å². The van der Waals surface area contributed by atoms with Crippen LogP contribution in [0.15, 0.2) is 57.5 Å². The number of nitrogen functional groups attached to an aromatic ring is 1. The number of hydrogen-bond donors (Lipinski definition) is 1. The van der Waals surface area contributed by atoms with Crippen molar-refractivity contribution in [2.45, 2.75) is 0 Å². The molecule has 3 rings (SSSR count). The molecule has 3 aromatic rings. The van der Waals surface area contributed by atoms with Crippen LogP contribution in [0.4, 0.5) is 5.69 Å². The number of halogens is 1. The fraction of sp³-hybridized carbons (Fsp3) is 0. The molecule has 0 atom stereocenters. The molecule has 0 aliphatic carbocycles. The number of hydrogen-bond acceptors (Lipinski definition) is 4. The molecule has 0 radical (unpaired) electrons. The van der Waals surface area contributed by atoms with Gasteiger partial charge < -0.3 is 10.3 Å². The zero-order valence-electron chi connectivity index (χ0n) is 9.88. The molecular formula is C14H10BrN3O. The molecule has 0 saturated heterocycles. The number of aromatic nitrogens is 2. The predicted molar refractivity (Wildman–Crippen MR) is 77.3 cm³/mol. The lowest BCUT2D eigenvalue weighted by atomic mass is 10.2. The highest BCUT2D eigenvalue weighted by Gasteiger charge is 2.12. The summed E-state index contributed by atoms with van der Waals surface area (Å²) in [6, 6.07) is 15.1. The van der Waals surface area contributed by atoms with Gasteiger partial charge in [-0.15, -0.1) is 0 Å². The Morgan fingerprint density at radius 2 is 1.89 bits per heavy atom. The van der Waals surface area contributed by atoms with Crippen LogP contribution in [0, 0.1) is 0 Å². The normalized spacial score (nSPS) is 10.6. The number of rotatable bonds is 2. The molecule has 0 spiro atoms. The first-order chi connectivity index (χ1) is 9.24. The smallest absolute Gasteiger partial charge is 0.260 e. The molecule has 4 nitrogen and oxygen atoms in total. The summed E-state index contributed by atoms with van der Waals surface area (Å²) in [7, 11) is 0.